The monoisotopic (exact) mass is 992 g/mol. The van der Waals surface area contributed by atoms with Crippen molar-refractivity contribution in [3.8, 4) is 11.1 Å². The summed E-state index contributed by atoms with van der Waals surface area (Å²) in [6, 6.07) is 26.9. The summed E-state index contributed by atoms with van der Waals surface area (Å²) in [6.45, 7) is 8.63. The molecule has 16 heteroatoms. The molecule has 382 valence electrons. The molecule has 4 aromatic carbocycles. The van der Waals surface area contributed by atoms with Crippen molar-refractivity contribution in [1.29, 1.82) is 0 Å². The minimum Gasteiger partial charge on any atom is -0.481 e. The Hall–Kier alpha value is -6.71. The summed E-state index contributed by atoms with van der Waals surface area (Å²) in [5.74, 6) is -4.96. The number of benzene rings is 4. The number of nitrogen functional groups attached to an aromatic ring is 1. The number of aliphatic carboxylic acids is 2. The third-order valence-electron chi connectivity index (χ3n) is 17.1. The summed E-state index contributed by atoms with van der Waals surface area (Å²) >= 11 is 0. The first-order chi connectivity index (χ1) is 34.0. The molecule has 0 heterocycles. The number of nitrogens with two attached hydrogens (primary N) is 1. The number of carboxylic acid groups (broad SMARTS) is 2. The number of anilines is 2. The van der Waals surface area contributed by atoms with Crippen LogP contribution in [-0.4, -0.2) is 64.8 Å². The van der Waals surface area contributed by atoms with E-state index in [0.29, 0.717) is 12.1 Å². The molecule has 7 N–H and O–H groups in total. The van der Waals surface area contributed by atoms with Gasteiger partial charge in [0.1, 0.15) is 12.6 Å². The number of nitrogens with one attached hydrogen (secondary N) is 3. The van der Waals surface area contributed by atoms with Gasteiger partial charge in [-0.15, -0.1) is 0 Å². The van der Waals surface area contributed by atoms with Gasteiger partial charge in [-0.25, -0.2) is 9.59 Å². The zero-order valence-electron chi connectivity index (χ0n) is 41.0. The third-order valence-corrected chi connectivity index (χ3v) is 17.1. The number of hydrogen-bond donors (Lipinski definition) is 6. The molecule has 9 rings (SSSR count). The van der Waals surface area contributed by atoms with Gasteiger partial charge in [-0.1, -0.05) is 101 Å². The summed E-state index contributed by atoms with van der Waals surface area (Å²) in [5.41, 5.74) is 14.4. The number of amides is 4. The van der Waals surface area contributed by atoms with Gasteiger partial charge < -0.3 is 31.3 Å². The lowest BCUT2D eigenvalue weighted by Crippen LogP contribution is -2.60. The summed E-state index contributed by atoms with van der Waals surface area (Å²) in [7, 11) is 0. The highest BCUT2D eigenvalue weighted by Gasteiger charge is 2.58. The van der Waals surface area contributed by atoms with Gasteiger partial charge in [0.15, 0.2) is 0 Å². The molecule has 72 heavy (non-hydrogen) atoms. The molecule has 0 spiro atoms. The molecule has 0 aromatic heterocycles. The Balaban J connectivity index is 0.000000923. The van der Waals surface area contributed by atoms with Crippen LogP contribution in [0, 0.1) is 22.7 Å². The normalized spacial score (nSPS) is 26.2. The lowest BCUT2D eigenvalue weighted by atomic mass is 9.49. The number of hydrogen-bond acceptors (Lipinski definition) is 8. The van der Waals surface area contributed by atoms with E-state index in [1.54, 1.807) is 0 Å². The van der Waals surface area contributed by atoms with Crippen LogP contribution in [0.5, 0.6) is 0 Å². The molecule has 13 nitrogen and oxygen atoms in total. The van der Waals surface area contributed by atoms with Crippen LogP contribution < -0.4 is 21.7 Å². The van der Waals surface area contributed by atoms with Crippen molar-refractivity contribution < 1.29 is 56.9 Å². The second kappa shape index (κ2) is 19.7. The maximum absolute atomic E-state index is 14.7. The fourth-order valence-electron chi connectivity index (χ4n) is 13.5. The largest absolute Gasteiger partial charge is 0.490 e. The average Bonchev–Trinajstić information content (AvgIpc) is 3.65. The number of carbonyl (C=O) groups excluding carboxylic acids is 4. The van der Waals surface area contributed by atoms with E-state index in [9.17, 15) is 42.3 Å². The smallest absolute Gasteiger partial charge is 0.481 e. The molecule has 4 amide bonds. The summed E-state index contributed by atoms with van der Waals surface area (Å²) in [5, 5.41) is 25.3. The molecule has 0 unspecified atom stereocenters. The molecule has 0 bridgehead atoms. The van der Waals surface area contributed by atoms with Crippen molar-refractivity contribution in [3.05, 3.63) is 118 Å². The Bertz CT molecular complexity index is 2770. The molecular weight excluding hydrogens is 930 g/mol. The number of carbonyl (C=O) groups is 6. The van der Waals surface area contributed by atoms with Gasteiger partial charge in [0.25, 0.3) is 0 Å². The van der Waals surface area contributed by atoms with Gasteiger partial charge in [-0.3, -0.25) is 24.5 Å². The van der Waals surface area contributed by atoms with E-state index in [4.69, 9.17) is 20.4 Å². The molecule has 0 radical (unpaired) electrons. The molecule has 7 atom stereocenters. The van der Waals surface area contributed by atoms with Crippen LogP contribution >= 0.6 is 0 Å². The van der Waals surface area contributed by atoms with E-state index in [2.05, 4.69) is 48.9 Å². The van der Waals surface area contributed by atoms with E-state index >= 15 is 0 Å². The van der Waals surface area contributed by atoms with Gasteiger partial charge in [0.05, 0.1) is 10.8 Å². The number of alkyl carbamates (subject to hydrolysis) is 1. The summed E-state index contributed by atoms with van der Waals surface area (Å²) in [4.78, 5) is 77.2. The van der Waals surface area contributed by atoms with Crippen LogP contribution in [0.15, 0.2) is 84.9 Å². The van der Waals surface area contributed by atoms with Gasteiger partial charge in [0.2, 0.25) is 17.7 Å². The molecule has 2 fully saturated rings. The van der Waals surface area contributed by atoms with Crippen LogP contribution in [0.25, 0.3) is 11.1 Å². The topological polar surface area (TPSA) is 214 Å². The Labute approximate surface area is 416 Å². The number of carboxylic acids is 2. The van der Waals surface area contributed by atoms with Gasteiger partial charge >= 0.3 is 24.2 Å². The first-order valence-corrected chi connectivity index (χ1v) is 24.8. The first-order valence-electron chi connectivity index (χ1n) is 24.8. The number of fused-ring (bicyclic) bond motifs is 9. The maximum atomic E-state index is 14.7. The zero-order valence-corrected chi connectivity index (χ0v) is 41.0. The van der Waals surface area contributed by atoms with E-state index in [1.165, 1.54) is 11.1 Å². The fourth-order valence-corrected chi connectivity index (χ4v) is 13.5. The average molecular weight is 993 g/mol. The molecule has 0 saturated heterocycles. The van der Waals surface area contributed by atoms with Crippen LogP contribution in [0.4, 0.5) is 29.3 Å². The Morgan fingerprint density at radius 1 is 0.722 bits per heavy atom. The lowest BCUT2D eigenvalue weighted by molar-refractivity contribution is -0.192. The molecule has 0 aliphatic heterocycles. The first kappa shape index (κ1) is 51.6. The van der Waals surface area contributed by atoms with Gasteiger partial charge in [0, 0.05) is 23.7 Å². The predicted octanol–water partition coefficient (Wildman–Crippen LogP) is 9.98. The highest BCUT2D eigenvalue weighted by atomic mass is 19.4. The van der Waals surface area contributed by atoms with Crippen molar-refractivity contribution in [2.45, 2.75) is 134 Å². The van der Waals surface area contributed by atoms with E-state index in [1.807, 2.05) is 79.7 Å². The van der Waals surface area contributed by atoms with Gasteiger partial charge in [-0.05, 0) is 149 Å². The Kier molecular flexibility index (Phi) is 14.1. The van der Waals surface area contributed by atoms with Crippen LogP contribution in [0.1, 0.15) is 131 Å². The Morgan fingerprint density at radius 2 is 1.22 bits per heavy atom. The van der Waals surface area contributed by atoms with Crippen molar-refractivity contribution in [3.63, 3.8) is 0 Å². The summed E-state index contributed by atoms with van der Waals surface area (Å²) in [6.07, 6.45) is 1.80. The standard InChI is InChI=1S/C54H62N4O7.C2HF3O2/c1-51-25-9-27-53(3,44(51)22-17-32-15-19-34(55)29-41(32)51)48(62)58-49(63)54(4)28-10-26-52(2)42-30-35(20-16-33(42)18-23-45(52)54)56-47(61)43(21-24-46(59)60)57-50(64)65-31-40-38-13-7-5-11-36(38)37-12-6-8-14-39(37)40;3-2(4,5)1(6)7/h5-8,11-16,19-20,29-30,40,43-45H,9-10,17-18,21-28,31,55H2,1-4H3,(H,56,61)(H,57,64)(H,59,60)(H,58,62,63);(H,6,7)/t43-,44+,45+,51+,52+,53-,54-;/m0./s1. The minimum atomic E-state index is -5.08. The minimum absolute atomic E-state index is 0.0486. The highest BCUT2D eigenvalue weighted by molar-refractivity contribution is 6.01. The number of rotatable bonds is 10. The molecule has 4 aromatic rings. The third kappa shape index (κ3) is 9.68. The quantitative estimate of drug-likeness (QED) is 0.0653. The fraction of sp³-hybridized carbons (Fsp3) is 0.464. The zero-order chi connectivity index (χ0) is 52.0. The van der Waals surface area contributed by atoms with Crippen molar-refractivity contribution in [2.75, 3.05) is 17.7 Å². The van der Waals surface area contributed by atoms with E-state index in [-0.39, 0.29) is 54.4 Å². The van der Waals surface area contributed by atoms with Crippen molar-refractivity contribution in [1.82, 2.24) is 10.6 Å². The number of ether oxygens (including phenoxy) is 1. The molecular formula is C56H63F3N4O9. The second-order valence-electron chi connectivity index (χ2n) is 21.4. The number of halogens is 3. The van der Waals surface area contributed by atoms with Gasteiger partial charge in [-0.2, -0.15) is 13.2 Å². The van der Waals surface area contributed by atoms with Crippen LogP contribution in [-0.2, 0) is 52.4 Å². The SMILES string of the molecule is C[C@]1(C(=O)NC(=O)[C@@]2(C)CCC[C@]3(C)c4cc(NC(=O)[C@H](CCC(=O)O)NC(=O)OCC5c6ccccc6-c6ccccc65)ccc4CC[C@@H]23)CCC[C@]2(C)c3cc(N)ccc3CC[C@@H]12.O=C(O)C(F)(F)F. The predicted molar refractivity (Wildman–Crippen MR) is 264 cm³/mol. The Morgan fingerprint density at radius 3 is 1.74 bits per heavy atom. The molecule has 5 aliphatic rings. The van der Waals surface area contributed by atoms with Crippen LogP contribution in [0.2, 0.25) is 0 Å². The lowest BCUT2D eigenvalue weighted by Gasteiger charge is -2.56. The summed E-state index contributed by atoms with van der Waals surface area (Å²) < 4.78 is 37.5. The highest BCUT2D eigenvalue weighted by Crippen LogP contribution is 2.60. The molecule has 5 aliphatic carbocycles. The number of alkyl halides is 3. The second-order valence-corrected chi connectivity index (χ2v) is 21.4. The number of imide groups is 1. The van der Waals surface area contributed by atoms with Crippen LogP contribution in [0.3, 0.4) is 0 Å². The maximum Gasteiger partial charge on any atom is 0.490 e. The van der Waals surface area contributed by atoms with Crippen molar-refractivity contribution in [2.24, 2.45) is 22.7 Å². The molecule has 2 saturated carbocycles. The van der Waals surface area contributed by atoms with Crippen molar-refractivity contribution >= 4 is 47.1 Å². The van der Waals surface area contributed by atoms with E-state index < -0.39 is 52.4 Å². The van der Waals surface area contributed by atoms with E-state index in [0.717, 1.165) is 96.9 Å². The number of aryl methyl sites for hydroxylation is 2.